The molecule has 0 bridgehead atoms. The first-order chi connectivity index (χ1) is 12.4. The van der Waals surface area contributed by atoms with E-state index in [1.165, 1.54) is 4.31 Å². The molecule has 2 aliphatic rings. The lowest BCUT2D eigenvalue weighted by molar-refractivity contribution is -0.126. The van der Waals surface area contributed by atoms with E-state index in [1.807, 2.05) is 0 Å². The third kappa shape index (κ3) is 4.01. The molecule has 0 spiro atoms. The zero-order valence-corrected chi connectivity index (χ0v) is 16.2. The number of hydrogen-bond donors (Lipinski definition) is 1. The Morgan fingerprint density at radius 1 is 1.27 bits per heavy atom. The fourth-order valence-corrected chi connectivity index (χ4v) is 5.52. The number of rotatable bonds is 5. The van der Waals surface area contributed by atoms with Crippen molar-refractivity contribution in [3.63, 3.8) is 0 Å². The van der Waals surface area contributed by atoms with Gasteiger partial charge in [0.1, 0.15) is 10.6 Å². The number of nitrogens with zero attached hydrogens (tertiary/aromatic N) is 2. The molecule has 7 nitrogen and oxygen atoms in total. The molecular formula is C18H27N3O4S. The molecule has 1 fully saturated rings. The highest BCUT2D eigenvalue weighted by Crippen LogP contribution is 2.27. The van der Waals surface area contributed by atoms with E-state index in [-0.39, 0.29) is 16.7 Å². The van der Waals surface area contributed by atoms with Gasteiger partial charge in [-0.2, -0.15) is 4.31 Å². The predicted octanol–water partition coefficient (Wildman–Crippen LogP) is 2.16. The van der Waals surface area contributed by atoms with E-state index in [0.29, 0.717) is 49.8 Å². The summed E-state index contributed by atoms with van der Waals surface area (Å²) in [6, 6.07) is 0. The first-order valence-corrected chi connectivity index (χ1v) is 10.7. The Morgan fingerprint density at radius 3 is 2.58 bits per heavy atom. The summed E-state index contributed by atoms with van der Waals surface area (Å²) in [5.74, 6) is 0.757. The lowest BCUT2D eigenvalue weighted by atomic mass is 9.93. The van der Waals surface area contributed by atoms with E-state index in [2.05, 4.69) is 22.6 Å². The summed E-state index contributed by atoms with van der Waals surface area (Å²) in [5.41, 5.74) is 0.379. The van der Waals surface area contributed by atoms with E-state index >= 15 is 0 Å². The van der Waals surface area contributed by atoms with Crippen LogP contribution in [0.5, 0.6) is 0 Å². The molecule has 1 N–H and O–H groups in total. The van der Waals surface area contributed by atoms with Crippen LogP contribution in [0.25, 0.3) is 0 Å². The van der Waals surface area contributed by atoms with Crippen LogP contribution >= 0.6 is 0 Å². The van der Waals surface area contributed by atoms with Crippen molar-refractivity contribution >= 4 is 15.9 Å². The number of hydrogen-bond acceptors (Lipinski definition) is 5. The smallest absolute Gasteiger partial charge is 0.248 e. The van der Waals surface area contributed by atoms with Gasteiger partial charge >= 0.3 is 0 Å². The number of piperidine rings is 1. The fourth-order valence-electron chi connectivity index (χ4n) is 3.76. The molecule has 0 aromatic carbocycles. The highest BCUT2D eigenvalue weighted by Gasteiger charge is 2.35. The minimum Gasteiger partial charge on any atom is -0.360 e. The summed E-state index contributed by atoms with van der Waals surface area (Å²) in [4.78, 5) is 12.6. The molecule has 1 aromatic rings. The second-order valence-corrected chi connectivity index (χ2v) is 9.10. The maximum atomic E-state index is 12.8. The summed E-state index contributed by atoms with van der Waals surface area (Å²) >= 11 is 0. The number of allylic oxidation sites excluding steroid dienone is 2. The van der Waals surface area contributed by atoms with Crippen LogP contribution in [-0.4, -0.2) is 43.4 Å². The highest BCUT2D eigenvalue weighted by atomic mass is 32.2. The van der Waals surface area contributed by atoms with Gasteiger partial charge in [0.25, 0.3) is 0 Å². The molecule has 1 atom stereocenters. The molecule has 1 unspecified atom stereocenters. The maximum Gasteiger partial charge on any atom is 0.248 e. The quantitative estimate of drug-likeness (QED) is 0.789. The van der Waals surface area contributed by atoms with Gasteiger partial charge in [0.15, 0.2) is 5.76 Å². The molecule has 1 amide bonds. The fraction of sp³-hybridized carbons (Fsp3) is 0.667. The van der Waals surface area contributed by atoms with E-state index in [0.717, 1.165) is 19.3 Å². The minimum absolute atomic E-state index is 0.0499. The number of amides is 1. The molecule has 0 saturated carbocycles. The van der Waals surface area contributed by atoms with Crippen molar-refractivity contribution in [3.8, 4) is 0 Å². The Hall–Kier alpha value is -1.67. The first kappa shape index (κ1) is 19.1. The van der Waals surface area contributed by atoms with Gasteiger partial charge in [-0.1, -0.05) is 17.3 Å². The SMILES string of the molecule is Cc1noc(C)c1S(=O)(=O)N1CCC(C(=O)NCC2CC=CCC2)CC1. The monoisotopic (exact) mass is 381 g/mol. The zero-order chi connectivity index (χ0) is 18.7. The summed E-state index contributed by atoms with van der Waals surface area (Å²) in [6.45, 7) is 4.63. The van der Waals surface area contributed by atoms with Crippen molar-refractivity contribution in [1.29, 1.82) is 0 Å². The molecule has 1 aromatic heterocycles. The van der Waals surface area contributed by atoms with Gasteiger partial charge in [-0.15, -0.1) is 0 Å². The third-order valence-electron chi connectivity index (χ3n) is 5.33. The van der Waals surface area contributed by atoms with Crippen molar-refractivity contribution in [3.05, 3.63) is 23.6 Å². The van der Waals surface area contributed by atoms with Crippen LogP contribution in [0.3, 0.4) is 0 Å². The number of aromatic nitrogens is 1. The normalized spacial score (nSPS) is 22.5. The van der Waals surface area contributed by atoms with Gasteiger partial charge in [0.2, 0.25) is 15.9 Å². The van der Waals surface area contributed by atoms with Gasteiger partial charge < -0.3 is 9.84 Å². The number of aryl methyl sites for hydroxylation is 2. The lowest BCUT2D eigenvalue weighted by Gasteiger charge is -2.30. The van der Waals surface area contributed by atoms with E-state index in [4.69, 9.17) is 4.52 Å². The molecule has 1 aliphatic heterocycles. The van der Waals surface area contributed by atoms with E-state index < -0.39 is 10.0 Å². The van der Waals surface area contributed by atoms with Crippen LogP contribution in [0.1, 0.15) is 43.6 Å². The zero-order valence-electron chi connectivity index (χ0n) is 15.4. The Labute approximate surface area is 154 Å². The van der Waals surface area contributed by atoms with Gasteiger partial charge in [0, 0.05) is 25.6 Å². The van der Waals surface area contributed by atoms with E-state index in [1.54, 1.807) is 13.8 Å². The largest absolute Gasteiger partial charge is 0.360 e. The van der Waals surface area contributed by atoms with Crippen LogP contribution in [0, 0.1) is 25.7 Å². The lowest BCUT2D eigenvalue weighted by Crippen LogP contribution is -2.44. The van der Waals surface area contributed by atoms with Gasteiger partial charge in [-0.05, 0) is 51.9 Å². The number of carbonyl (C=O) groups is 1. The van der Waals surface area contributed by atoms with E-state index in [9.17, 15) is 13.2 Å². The molecule has 26 heavy (non-hydrogen) atoms. The average molecular weight is 381 g/mol. The number of carbonyl (C=O) groups excluding carboxylic acids is 1. The Kier molecular flexibility index (Phi) is 5.82. The van der Waals surface area contributed by atoms with Crippen LogP contribution in [0.2, 0.25) is 0 Å². The van der Waals surface area contributed by atoms with Crippen molar-refractivity contribution in [2.24, 2.45) is 11.8 Å². The van der Waals surface area contributed by atoms with Crippen LogP contribution in [0.15, 0.2) is 21.6 Å². The topological polar surface area (TPSA) is 92.5 Å². The van der Waals surface area contributed by atoms with Gasteiger partial charge in [0.05, 0.1) is 0 Å². The minimum atomic E-state index is -3.62. The van der Waals surface area contributed by atoms with Crippen molar-refractivity contribution in [2.45, 2.75) is 50.8 Å². The molecule has 0 radical (unpaired) electrons. The summed E-state index contributed by atoms with van der Waals surface area (Å²) < 4.78 is 32.1. The second kappa shape index (κ2) is 7.92. The van der Waals surface area contributed by atoms with Crippen LogP contribution in [0.4, 0.5) is 0 Å². The predicted molar refractivity (Wildman–Crippen MR) is 97.0 cm³/mol. The molecule has 3 rings (SSSR count). The van der Waals surface area contributed by atoms with Crippen LogP contribution in [-0.2, 0) is 14.8 Å². The maximum absolute atomic E-state index is 12.8. The number of sulfonamides is 1. The highest BCUT2D eigenvalue weighted by molar-refractivity contribution is 7.89. The Morgan fingerprint density at radius 2 is 2.00 bits per heavy atom. The van der Waals surface area contributed by atoms with Crippen molar-refractivity contribution < 1.29 is 17.7 Å². The van der Waals surface area contributed by atoms with Crippen molar-refractivity contribution in [1.82, 2.24) is 14.8 Å². The molecule has 144 valence electrons. The van der Waals surface area contributed by atoms with Gasteiger partial charge in [-0.25, -0.2) is 8.42 Å². The summed E-state index contributed by atoms with van der Waals surface area (Å²) in [6.07, 6.45) is 8.67. The number of nitrogens with one attached hydrogen (secondary N) is 1. The summed E-state index contributed by atoms with van der Waals surface area (Å²) in [5, 5.41) is 6.80. The molecule has 1 saturated heterocycles. The molecule has 2 heterocycles. The molecule has 1 aliphatic carbocycles. The third-order valence-corrected chi connectivity index (χ3v) is 7.48. The standard InChI is InChI=1S/C18H27N3O4S/c1-13-17(14(2)25-20-13)26(23,24)21-10-8-16(9-11-21)18(22)19-12-15-6-4-3-5-7-15/h3-4,15-16H,5-12H2,1-2H3,(H,19,22). The molecular weight excluding hydrogens is 354 g/mol. The van der Waals surface area contributed by atoms with Crippen molar-refractivity contribution in [2.75, 3.05) is 19.6 Å². The Bertz CT molecular complexity index is 757. The second-order valence-electron chi connectivity index (χ2n) is 7.23. The first-order valence-electron chi connectivity index (χ1n) is 9.25. The molecule has 8 heteroatoms. The van der Waals surface area contributed by atoms with Gasteiger partial charge in [-0.3, -0.25) is 4.79 Å². The summed E-state index contributed by atoms with van der Waals surface area (Å²) in [7, 11) is -3.62. The Balaban J connectivity index is 1.53. The average Bonchev–Trinajstić information content (AvgIpc) is 2.99. The van der Waals surface area contributed by atoms with Crippen LogP contribution < -0.4 is 5.32 Å².